The molecule has 0 amide bonds. The molecule has 2 rings (SSSR count). The SMILES string of the molecule is C/C(=C\C(=O)OCCCCCCCCC(=O)O)C[C@@H]1OC[C@H](C[C@@H]2O[C@@H]2[C@H](C)[C@H](C)O)[C@H](O)[C@H]1O. The van der Waals surface area contributed by atoms with Gasteiger partial charge in [-0.25, -0.2) is 4.79 Å². The fourth-order valence-electron chi connectivity index (χ4n) is 4.59. The van der Waals surface area contributed by atoms with Crippen LogP contribution in [0.15, 0.2) is 11.6 Å². The lowest BCUT2D eigenvalue weighted by molar-refractivity contribution is -0.165. The van der Waals surface area contributed by atoms with Gasteiger partial charge in [-0.3, -0.25) is 4.79 Å². The molecule has 0 aromatic rings. The van der Waals surface area contributed by atoms with Gasteiger partial charge in [0.1, 0.15) is 6.10 Å². The summed E-state index contributed by atoms with van der Waals surface area (Å²) in [4.78, 5) is 22.5. The maximum Gasteiger partial charge on any atom is 0.330 e. The number of hydrogen-bond donors (Lipinski definition) is 4. The molecule has 9 heteroatoms. The number of aliphatic hydroxyl groups is 3. The number of aliphatic hydroxyl groups excluding tert-OH is 3. The van der Waals surface area contributed by atoms with E-state index in [2.05, 4.69) is 0 Å². The number of carbonyl (C=O) groups is 2. The molecule has 202 valence electrons. The lowest BCUT2D eigenvalue weighted by Crippen LogP contribution is -2.50. The van der Waals surface area contributed by atoms with Crippen LogP contribution in [0.3, 0.4) is 0 Å². The van der Waals surface area contributed by atoms with Crippen molar-refractivity contribution >= 4 is 11.9 Å². The highest BCUT2D eigenvalue weighted by Crippen LogP contribution is 2.38. The third-order valence-electron chi connectivity index (χ3n) is 7.09. The molecule has 0 aliphatic carbocycles. The van der Waals surface area contributed by atoms with Gasteiger partial charge in [-0.15, -0.1) is 0 Å². The van der Waals surface area contributed by atoms with E-state index in [-0.39, 0.29) is 30.5 Å². The Bertz CT molecular complexity index is 692. The van der Waals surface area contributed by atoms with E-state index in [0.29, 0.717) is 38.0 Å². The number of ether oxygens (including phenoxy) is 3. The number of esters is 1. The van der Waals surface area contributed by atoms with Crippen molar-refractivity contribution in [2.24, 2.45) is 11.8 Å². The van der Waals surface area contributed by atoms with Gasteiger partial charge in [0.05, 0.1) is 43.7 Å². The van der Waals surface area contributed by atoms with Crippen LogP contribution in [0, 0.1) is 11.8 Å². The van der Waals surface area contributed by atoms with Crippen LogP contribution in [0.1, 0.15) is 78.6 Å². The lowest BCUT2D eigenvalue weighted by atomic mass is 9.85. The van der Waals surface area contributed by atoms with Crippen LogP contribution < -0.4 is 0 Å². The topological polar surface area (TPSA) is 146 Å². The minimum atomic E-state index is -1.06. The summed E-state index contributed by atoms with van der Waals surface area (Å²) in [7, 11) is 0. The van der Waals surface area contributed by atoms with E-state index < -0.39 is 36.4 Å². The minimum absolute atomic E-state index is 0.0160. The second kappa shape index (κ2) is 14.9. The fourth-order valence-corrected chi connectivity index (χ4v) is 4.59. The number of rotatable bonds is 16. The quantitative estimate of drug-likeness (QED) is 0.109. The van der Waals surface area contributed by atoms with Gasteiger partial charge < -0.3 is 34.6 Å². The van der Waals surface area contributed by atoms with Gasteiger partial charge in [-0.2, -0.15) is 0 Å². The molecule has 2 aliphatic rings. The van der Waals surface area contributed by atoms with Crippen molar-refractivity contribution < 1.29 is 44.2 Å². The highest BCUT2D eigenvalue weighted by molar-refractivity contribution is 5.82. The summed E-state index contributed by atoms with van der Waals surface area (Å²) in [5.41, 5.74) is 0.708. The molecule has 0 aromatic heterocycles. The van der Waals surface area contributed by atoms with Gasteiger partial charge in [0.15, 0.2) is 0 Å². The molecule has 2 saturated heterocycles. The summed E-state index contributed by atoms with van der Waals surface area (Å²) in [6.07, 6.45) is 4.61. The Morgan fingerprint density at radius 3 is 2.34 bits per heavy atom. The Morgan fingerprint density at radius 2 is 1.69 bits per heavy atom. The van der Waals surface area contributed by atoms with E-state index in [1.54, 1.807) is 13.8 Å². The summed E-state index contributed by atoms with van der Waals surface area (Å²) < 4.78 is 16.7. The van der Waals surface area contributed by atoms with E-state index in [9.17, 15) is 24.9 Å². The minimum Gasteiger partial charge on any atom is -0.481 e. The first-order valence-electron chi connectivity index (χ1n) is 13.0. The average molecular weight is 501 g/mol. The van der Waals surface area contributed by atoms with Crippen LogP contribution in [0.4, 0.5) is 0 Å². The number of carboxylic acids is 1. The predicted octanol–water partition coefficient (Wildman–Crippen LogP) is 2.59. The van der Waals surface area contributed by atoms with Crippen LogP contribution in [0.25, 0.3) is 0 Å². The second-order valence-corrected chi connectivity index (χ2v) is 10.2. The third-order valence-corrected chi connectivity index (χ3v) is 7.09. The van der Waals surface area contributed by atoms with E-state index in [1.165, 1.54) is 6.08 Å². The lowest BCUT2D eigenvalue weighted by Gasteiger charge is -2.38. The molecule has 0 radical (unpaired) electrons. The van der Waals surface area contributed by atoms with Crippen molar-refractivity contribution in [3.63, 3.8) is 0 Å². The number of hydrogen-bond acceptors (Lipinski definition) is 8. The highest BCUT2D eigenvalue weighted by Gasteiger charge is 2.48. The summed E-state index contributed by atoms with van der Waals surface area (Å²) in [6, 6.07) is 0. The van der Waals surface area contributed by atoms with Gasteiger partial charge in [0.25, 0.3) is 0 Å². The number of unbranched alkanes of at least 4 members (excludes halogenated alkanes) is 5. The fraction of sp³-hybridized carbons (Fsp3) is 0.846. The Hall–Kier alpha value is -1.52. The van der Waals surface area contributed by atoms with E-state index in [1.807, 2.05) is 6.92 Å². The maximum absolute atomic E-state index is 12.1. The molecule has 0 spiro atoms. The first-order valence-corrected chi connectivity index (χ1v) is 13.0. The van der Waals surface area contributed by atoms with Gasteiger partial charge >= 0.3 is 11.9 Å². The molecule has 0 saturated carbocycles. The molecular formula is C26H44O9. The van der Waals surface area contributed by atoms with Gasteiger partial charge in [0, 0.05) is 24.3 Å². The number of aliphatic carboxylic acids is 1. The Morgan fingerprint density at radius 1 is 1.03 bits per heavy atom. The van der Waals surface area contributed by atoms with Gasteiger partial charge in [-0.05, 0) is 39.5 Å². The predicted molar refractivity (Wildman–Crippen MR) is 129 cm³/mol. The third kappa shape index (κ3) is 10.6. The molecule has 9 nitrogen and oxygen atoms in total. The van der Waals surface area contributed by atoms with Crippen LogP contribution >= 0.6 is 0 Å². The zero-order valence-corrected chi connectivity index (χ0v) is 21.3. The Labute approximate surface area is 208 Å². The highest BCUT2D eigenvalue weighted by atomic mass is 16.6. The zero-order valence-electron chi connectivity index (χ0n) is 21.3. The summed E-state index contributed by atoms with van der Waals surface area (Å²) in [5.74, 6) is -1.42. The number of epoxide rings is 1. The zero-order chi connectivity index (χ0) is 26.0. The van der Waals surface area contributed by atoms with E-state index >= 15 is 0 Å². The molecule has 2 fully saturated rings. The molecule has 8 atom stereocenters. The normalized spacial score (nSPS) is 30.5. The average Bonchev–Trinajstić information content (AvgIpc) is 3.55. The summed E-state index contributed by atoms with van der Waals surface area (Å²) in [6.45, 7) is 6.07. The standard InChI is InChI=1S/C26H44O9/c1-16(13-23(30)33-11-9-7-5-4-6-8-10-22(28)29)12-20-25(32)24(31)19(15-34-20)14-21-26(35-21)17(2)18(3)27/h13,17-21,24-27,31-32H,4-12,14-15H2,1-3H3,(H,28,29)/b16-13+/t17-,18+,19+,20+,21+,24+,25+,26-/m1/s1. The molecular weight excluding hydrogens is 456 g/mol. The van der Waals surface area contributed by atoms with Crippen molar-refractivity contribution in [1.29, 1.82) is 0 Å². The Balaban J connectivity index is 1.62. The van der Waals surface area contributed by atoms with Crippen molar-refractivity contribution in [3.8, 4) is 0 Å². The molecule has 0 unspecified atom stereocenters. The first-order chi connectivity index (χ1) is 16.6. The summed E-state index contributed by atoms with van der Waals surface area (Å²) in [5, 5.41) is 39.5. The van der Waals surface area contributed by atoms with Crippen LogP contribution in [0.2, 0.25) is 0 Å². The van der Waals surface area contributed by atoms with Crippen molar-refractivity contribution in [2.75, 3.05) is 13.2 Å². The molecule has 35 heavy (non-hydrogen) atoms. The van der Waals surface area contributed by atoms with E-state index in [0.717, 1.165) is 32.1 Å². The molecule has 2 aliphatic heterocycles. The Kier molecular flexibility index (Phi) is 12.6. The van der Waals surface area contributed by atoms with Gasteiger partial charge in [0.2, 0.25) is 0 Å². The molecule has 4 N–H and O–H groups in total. The molecule has 0 aromatic carbocycles. The number of carboxylic acid groups (broad SMARTS) is 1. The summed E-state index contributed by atoms with van der Waals surface area (Å²) >= 11 is 0. The largest absolute Gasteiger partial charge is 0.481 e. The first kappa shape index (κ1) is 29.7. The second-order valence-electron chi connectivity index (χ2n) is 10.2. The van der Waals surface area contributed by atoms with Crippen molar-refractivity contribution in [1.82, 2.24) is 0 Å². The van der Waals surface area contributed by atoms with Crippen LogP contribution in [-0.4, -0.2) is 82.2 Å². The molecule has 2 heterocycles. The molecule has 0 bridgehead atoms. The van der Waals surface area contributed by atoms with Gasteiger partial charge in [-0.1, -0.05) is 38.2 Å². The smallest absolute Gasteiger partial charge is 0.330 e. The van der Waals surface area contributed by atoms with Crippen molar-refractivity contribution in [2.45, 2.75) is 115 Å². The van der Waals surface area contributed by atoms with Crippen LogP contribution in [0.5, 0.6) is 0 Å². The van der Waals surface area contributed by atoms with E-state index in [4.69, 9.17) is 19.3 Å². The monoisotopic (exact) mass is 500 g/mol. The maximum atomic E-state index is 12.1. The van der Waals surface area contributed by atoms with Crippen molar-refractivity contribution in [3.05, 3.63) is 11.6 Å². The number of carbonyl (C=O) groups excluding carboxylic acids is 1. The van der Waals surface area contributed by atoms with Crippen LogP contribution in [-0.2, 0) is 23.8 Å².